The van der Waals surface area contributed by atoms with Crippen LogP contribution in [0, 0.1) is 12.3 Å². The molecule has 4 heteroatoms. The number of hydrogen-bond donors (Lipinski definition) is 1. The normalized spacial score (nSPS) is 18.7. The number of halogens is 1. The average Bonchev–Trinajstić information content (AvgIpc) is 2.34. The van der Waals surface area contributed by atoms with Gasteiger partial charge in [-0.1, -0.05) is 22.0 Å². The molecular formula is C14H18BrNO2. The Labute approximate surface area is 116 Å². The number of carboxylic acids is 1. The topological polar surface area (TPSA) is 40.5 Å². The zero-order valence-corrected chi connectivity index (χ0v) is 12.3. The van der Waals surface area contributed by atoms with Crippen LogP contribution in [0.15, 0.2) is 22.7 Å². The number of aliphatic carboxylic acids is 1. The van der Waals surface area contributed by atoms with Crippen molar-refractivity contribution in [3.63, 3.8) is 0 Å². The molecule has 0 spiro atoms. The summed E-state index contributed by atoms with van der Waals surface area (Å²) in [6.45, 7) is 5.51. The van der Waals surface area contributed by atoms with E-state index in [-0.39, 0.29) is 0 Å². The second-order valence-electron chi connectivity index (χ2n) is 5.29. The van der Waals surface area contributed by atoms with Gasteiger partial charge in [-0.25, -0.2) is 0 Å². The van der Waals surface area contributed by atoms with Crippen LogP contribution in [0.4, 0.5) is 5.69 Å². The van der Waals surface area contributed by atoms with Gasteiger partial charge in [0, 0.05) is 23.2 Å². The Morgan fingerprint density at radius 2 is 2.00 bits per heavy atom. The van der Waals surface area contributed by atoms with Crippen LogP contribution in [0.25, 0.3) is 0 Å². The van der Waals surface area contributed by atoms with Gasteiger partial charge in [-0.15, -0.1) is 0 Å². The van der Waals surface area contributed by atoms with Gasteiger partial charge in [0.25, 0.3) is 0 Å². The van der Waals surface area contributed by atoms with E-state index >= 15 is 0 Å². The minimum atomic E-state index is -0.674. The lowest BCUT2D eigenvalue weighted by atomic mass is 9.80. The molecule has 1 heterocycles. The van der Waals surface area contributed by atoms with Crippen LogP contribution < -0.4 is 4.90 Å². The largest absolute Gasteiger partial charge is 0.481 e. The number of anilines is 1. The summed E-state index contributed by atoms with van der Waals surface area (Å²) in [5.41, 5.74) is 1.82. The lowest BCUT2D eigenvalue weighted by Crippen LogP contribution is -2.42. The first-order chi connectivity index (χ1) is 8.42. The molecule has 2 rings (SSSR count). The second kappa shape index (κ2) is 4.92. The molecule has 0 amide bonds. The maximum absolute atomic E-state index is 11.2. The molecule has 1 aromatic rings. The van der Waals surface area contributed by atoms with Crippen molar-refractivity contribution in [2.45, 2.75) is 26.7 Å². The van der Waals surface area contributed by atoms with Gasteiger partial charge in [-0.3, -0.25) is 4.79 Å². The quantitative estimate of drug-likeness (QED) is 0.909. The number of benzene rings is 1. The lowest BCUT2D eigenvalue weighted by molar-refractivity contribution is -0.149. The summed E-state index contributed by atoms with van der Waals surface area (Å²) >= 11 is 3.54. The number of carbonyl (C=O) groups is 1. The van der Waals surface area contributed by atoms with Crippen LogP contribution >= 0.6 is 15.9 Å². The predicted octanol–water partition coefficient (Wildman–Crippen LogP) is 3.45. The SMILES string of the molecule is Cc1ccc(N2CCC(C)(C(=O)O)CC2)cc1Br. The van der Waals surface area contributed by atoms with Crippen LogP contribution in [-0.2, 0) is 4.79 Å². The van der Waals surface area contributed by atoms with Gasteiger partial charge in [0.05, 0.1) is 5.41 Å². The summed E-state index contributed by atoms with van der Waals surface area (Å²) in [7, 11) is 0. The van der Waals surface area contributed by atoms with Crippen molar-refractivity contribution in [1.29, 1.82) is 0 Å². The second-order valence-corrected chi connectivity index (χ2v) is 6.14. The highest BCUT2D eigenvalue weighted by molar-refractivity contribution is 9.10. The number of piperidine rings is 1. The summed E-state index contributed by atoms with van der Waals surface area (Å²) in [4.78, 5) is 13.5. The molecule has 0 atom stereocenters. The third kappa shape index (κ3) is 2.53. The van der Waals surface area contributed by atoms with E-state index in [0.29, 0.717) is 12.8 Å². The Hall–Kier alpha value is -1.03. The first-order valence-corrected chi connectivity index (χ1v) is 6.96. The predicted molar refractivity (Wildman–Crippen MR) is 76.1 cm³/mol. The number of rotatable bonds is 2. The molecule has 1 N–H and O–H groups in total. The minimum absolute atomic E-state index is 0.557. The number of carboxylic acid groups (broad SMARTS) is 1. The third-order valence-electron chi connectivity index (χ3n) is 3.90. The van der Waals surface area contributed by atoms with Gasteiger partial charge in [-0.2, -0.15) is 0 Å². The van der Waals surface area contributed by atoms with Gasteiger partial charge in [0.1, 0.15) is 0 Å². The lowest BCUT2D eigenvalue weighted by Gasteiger charge is -2.37. The number of aryl methyl sites for hydroxylation is 1. The smallest absolute Gasteiger partial charge is 0.309 e. The Morgan fingerprint density at radius 1 is 1.39 bits per heavy atom. The molecule has 1 aromatic carbocycles. The summed E-state index contributed by atoms with van der Waals surface area (Å²) in [5, 5.41) is 9.21. The van der Waals surface area contributed by atoms with E-state index in [1.54, 1.807) is 0 Å². The molecule has 1 saturated heterocycles. The molecule has 0 aromatic heterocycles. The highest BCUT2D eigenvalue weighted by Gasteiger charge is 2.36. The number of hydrogen-bond acceptors (Lipinski definition) is 2. The fourth-order valence-corrected chi connectivity index (χ4v) is 2.62. The van der Waals surface area contributed by atoms with Crippen LogP contribution in [0.2, 0.25) is 0 Å². The van der Waals surface area contributed by atoms with Crippen molar-refractivity contribution in [1.82, 2.24) is 0 Å². The van der Waals surface area contributed by atoms with E-state index in [9.17, 15) is 9.90 Å². The summed E-state index contributed by atoms with van der Waals surface area (Å²) in [5.74, 6) is -0.674. The van der Waals surface area contributed by atoms with Gasteiger partial charge in [-0.05, 0) is 44.4 Å². The molecule has 1 aliphatic heterocycles. The standard InChI is InChI=1S/C14H18BrNO2/c1-10-3-4-11(9-12(10)15)16-7-5-14(2,6-8-16)13(17)18/h3-4,9H,5-8H2,1-2H3,(H,17,18). The van der Waals surface area contributed by atoms with Crippen molar-refractivity contribution >= 4 is 27.6 Å². The summed E-state index contributed by atoms with van der Waals surface area (Å²) in [6.07, 6.45) is 1.40. The monoisotopic (exact) mass is 311 g/mol. The van der Waals surface area contributed by atoms with Crippen molar-refractivity contribution in [3.05, 3.63) is 28.2 Å². The van der Waals surface area contributed by atoms with E-state index in [1.165, 1.54) is 11.3 Å². The molecule has 0 bridgehead atoms. The molecule has 18 heavy (non-hydrogen) atoms. The maximum atomic E-state index is 11.2. The molecule has 98 valence electrons. The van der Waals surface area contributed by atoms with Crippen LogP contribution in [0.5, 0.6) is 0 Å². The van der Waals surface area contributed by atoms with E-state index < -0.39 is 11.4 Å². The van der Waals surface area contributed by atoms with Crippen molar-refractivity contribution < 1.29 is 9.90 Å². The summed E-state index contributed by atoms with van der Waals surface area (Å²) in [6, 6.07) is 6.30. The highest BCUT2D eigenvalue weighted by Crippen LogP contribution is 2.34. The molecule has 1 aliphatic rings. The fourth-order valence-electron chi connectivity index (χ4n) is 2.25. The Kier molecular flexibility index (Phi) is 3.66. The number of nitrogens with zero attached hydrogens (tertiary/aromatic N) is 1. The molecule has 1 fully saturated rings. The molecule has 0 radical (unpaired) electrons. The van der Waals surface area contributed by atoms with Gasteiger partial charge in [0.2, 0.25) is 0 Å². The maximum Gasteiger partial charge on any atom is 0.309 e. The summed E-state index contributed by atoms with van der Waals surface area (Å²) < 4.78 is 1.10. The van der Waals surface area contributed by atoms with E-state index in [4.69, 9.17) is 0 Å². The zero-order valence-electron chi connectivity index (χ0n) is 10.7. The van der Waals surface area contributed by atoms with Crippen molar-refractivity contribution in [3.8, 4) is 0 Å². The van der Waals surface area contributed by atoms with Crippen LogP contribution in [0.1, 0.15) is 25.3 Å². The Bertz CT molecular complexity index is 465. The molecule has 0 aliphatic carbocycles. The van der Waals surface area contributed by atoms with E-state index in [2.05, 4.69) is 46.0 Å². The first kappa shape index (κ1) is 13.4. The zero-order chi connectivity index (χ0) is 13.3. The van der Waals surface area contributed by atoms with Gasteiger partial charge >= 0.3 is 5.97 Å². The highest BCUT2D eigenvalue weighted by atomic mass is 79.9. The Morgan fingerprint density at radius 3 is 2.50 bits per heavy atom. The third-order valence-corrected chi connectivity index (χ3v) is 4.76. The van der Waals surface area contributed by atoms with Crippen LogP contribution in [-0.4, -0.2) is 24.2 Å². The minimum Gasteiger partial charge on any atom is -0.481 e. The molecule has 0 unspecified atom stereocenters. The average molecular weight is 312 g/mol. The molecular weight excluding hydrogens is 294 g/mol. The van der Waals surface area contributed by atoms with Crippen molar-refractivity contribution in [2.75, 3.05) is 18.0 Å². The van der Waals surface area contributed by atoms with Crippen LogP contribution in [0.3, 0.4) is 0 Å². The van der Waals surface area contributed by atoms with Crippen molar-refractivity contribution in [2.24, 2.45) is 5.41 Å². The van der Waals surface area contributed by atoms with Gasteiger partial charge < -0.3 is 10.0 Å². The van der Waals surface area contributed by atoms with Gasteiger partial charge in [0.15, 0.2) is 0 Å². The fraction of sp³-hybridized carbons (Fsp3) is 0.500. The Balaban J connectivity index is 2.10. The van der Waals surface area contributed by atoms with E-state index in [1.807, 2.05) is 6.92 Å². The molecule has 0 saturated carbocycles. The van der Waals surface area contributed by atoms with E-state index in [0.717, 1.165) is 17.6 Å². The first-order valence-electron chi connectivity index (χ1n) is 6.17. The molecule has 3 nitrogen and oxygen atoms in total.